The molecule has 0 radical (unpaired) electrons. The van der Waals surface area contributed by atoms with Gasteiger partial charge in [0.25, 0.3) is 0 Å². The molecule has 2 rings (SSSR count). The lowest BCUT2D eigenvalue weighted by atomic mass is 9.84. The van der Waals surface area contributed by atoms with Crippen LogP contribution in [0.1, 0.15) is 30.7 Å². The summed E-state index contributed by atoms with van der Waals surface area (Å²) >= 11 is 0. The van der Waals surface area contributed by atoms with E-state index in [1.165, 1.54) is 16.8 Å². The summed E-state index contributed by atoms with van der Waals surface area (Å²) < 4.78 is 0. The average Bonchev–Trinajstić information content (AvgIpc) is 2.83. The molecule has 90 valence electrons. The van der Waals surface area contributed by atoms with Gasteiger partial charge in [-0.05, 0) is 23.3 Å². The summed E-state index contributed by atoms with van der Waals surface area (Å²) in [5, 5.41) is 0. The zero-order chi connectivity index (χ0) is 12.3. The smallest absolute Gasteiger partial charge is 0.0191 e. The summed E-state index contributed by atoms with van der Waals surface area (Å²) in [5.74, 6) is 0. The van der Waals surface area contributed by atoms with Crippen LogP contribution in [0.4, 0.5) is 0 Å². The zero-order valence-electron chi connectivity index (χ0n) is 10.5. The number of aromatic amines is 1. The molecule has 1 heterocycles. The van der Waals surface area contributed by atoms with Crippen molar-refractivity contribution in [2.45, 2.75) is 25.7 Å². The van der Waals surface area contributed by atoms with E-state index >= 15 is 0 Å². The average molecular weight is 228 g/mol. The third-order valence-electron chi connectivity index (χ3n) is 3.30. The number of rotatable bonds is 4. The van der Waals surface area contributed by atoms with Crippen molar-refractivity contribution < 1.29 is 0 Å². The van der Waals surface area contributed by atoms with Crippen molar-refractivity contribution in [3.63, 3.8) is 0 Å². The molecule has 1 aromatic carbocycles. The molecule has 0 saturated carbocycles. The molecule has 0 fully saturated rings. The van der Waals surface area contributed by atoms with Crippen LogP contribution in [0.15, 0.2) is 42.6 Å². The van der Waals surface area contributed by atoms with Gasteiger partial charge in [-0.2, -0.15) is 0 Å². The summed E-state index contributed by atoms with van der Waals surface area (Å²) in [6.45, 7) is 5.02. The fraction of sp³-hybridized carbons (Fsp3) is 0.333. The SMILES string of the molecule is CC(C)(CN)c1ccc(Cc2ccc[nH]2)cc1. The number of aromatic nitrogens is 1. The quantitative estimate of drug-likeness (QED) is 0.830. The van der Waals surface area contributed by atoms with Gasteiger partial charge in [0, 0.05) is 30.3 Å². The molecule has 0 amide bonds. The predicted molar refractivity (Wildman–Crippen MR) is 72.1 cm³/mol. The molecule has 0 saturated heterocycles. The Bertz CT molecular complexity index is 452. The number of H-pyrrole nitrogens is 1. The number of benzene rings is 1. The summed E-state index contributed by atoms with van der Waals surface area (Å²) in [4.78, 5) is 3.22. The largest absolute Gasteiger partial charge is 0.365 e. The van der Waals surface area contributed by atoms with Gasteiger partial charge < -0.3 is 10.7 Å². The predicted octanol–water partition coefficient (Wildman–Crippen LogP) is 2.84. The van der Waals surface area contributed by atoms with E-state index in [9.17, 15) is 0 Å². The van der Waals surface area contributed by atoms with Crippen LogP contribution in [-0.2, 0) is 11.8 Å². The normalized spacial score (nSPS) is 11.7. The minimum Gasteiger partial charge on any atom is -0.365 e. The number of nitrogens with two attached hydrogens (primary N) is 1. The van der Waals surface area contributed by atoms with Crippen molar-refractivity contribution in [3.8, 4) is 0 Å². The van der Waals surface area contributed by atoms with E-state index in [0.717, 1.165) is 6.42 Å². The van der Waals surface area contributed by atoms with Gasteiger partial charge >= 0.3 is 0 Å². The summed E-state index contributed by atoms with van der Waals surface area (Å²) in [6.07, 6.45) is 2.91. The second-order valence-corrected chi connectivity index (χ2v) is 5.16. The van der Waals surface area contributed by atoms with Gasteiger partial charge in [0.2, 0.25) is 0 Å². The maximum absolute atomic E-state index is 5.78. The number of hydrogen-bond donors (Lipinski definition) is 2. The van der Waals surface area contributed by atoms with Crippen LogP contribution in [0.5, 0.6) is 0 Å². The number of hydrogen-bond acceptors (Lipinski definition) is 1. The van der Waals surface area contributed by atoms with Crippen molar-refractivity contribution in [3.05, 3.63) is 59.4 Å². The summed E-state index contributed by atoms with van der Waals surface area (Å²) in [7, 11) is 0. The van der Waals surface area contributed by atoms with Crippen molar-refractivity contribution in [2.75, 3.05) is 6.54 Å². The first-order valence-electron chi connectivity index (χ1n) is 6.03. The Balaban J connectivity index is 2.13. The lowest BCUT2D eigenvalue weighted by Crippen LogP contribution is -2.27. The Kier molecular flexibility index (Phi) is 3.34. The third-order valence-corrected chi connectivity index (χ3v) is 3.30. The van der Waals surface area contributed by atoms with Crippen LogP contribution in [0, 0.1) is 0 Å². The van der Waals surface area contributed by atoms with Crippen LogP contribution in [0.25, 0.3) is 0 Å². The standard InChI is InChI=1S/C15H20N2/c1-15(2,11-16)13-7-5-12(6-8-13)10-14-4-3-9-17-14/h3-9,17H,10-11,16H2,1-2H3. The van der Waals surface area contributed by atoms with Gasteiger partial charge in [0.05, 0.1) is 0 Å². The van der Waals surface area contributed by atoms with E-state index in [1.807, 2.05) is 12.3 Å². The highest BCUT2D eigenvalue weighted by Gasteiger charge is 2.17. The maximum Gasteiger partial charge on any atom is 0.0191 e. The molecule has 1 aromatic heterocycles. The fourth-order valence-corrected chi connectivity index (χ4v) is 1.89. The molecule has 0 aliphatic rings. The van der Waals surface area contributed by atoms with Crippen LogP contribution in [0.3, 0.4) is 0 Å². The van der Waals surface area contributed by atoms with Crippen LogP contribution in [-0.4, -0.2) is 11.5 Å². The molecule has 17 heavy (non-hydrogen) atoms. The minimum atomic E-state index is 0.0605. The second kappa shape index (κ2) is 4.76. The Hall–Kier alpha value is -1.54. The molecule has 2 heteroatoms. The highest BCUT2D eigenvalue weighted by atomic mass is 14.7. The highest BCUT2D eigenvalue weighted by molar-refractivity contribution is 5.30. The first-order chi connectivity index (χ1) is 8.12. The molecule has 0 bridgehead atoms. The van der Waals surface area contributed by atoms with Gasteiger partial charge in [-0.15, -0.1) is 0 Å². The second-order valence-electron chi connectivity index (χ2n) is 5.16. The van der Waals surface area contributed by atoms with E-state index in [2.05, 4.69) is 49.2 Å². The van der Waals surface area contributed by atoms with E-state index in [1.54, 1.807) is 0 Å². The molecule has 0 aliphatic heterocycles. The Labute approximate surface area is 103 Å². The Morgan fingerprint density at radius 3 is 2.35 bits per heavy atom. The van der Waals surface area contributed by atoms with Crippen LogP contribution in [0.2, 0.25) is 0 Å². The maximum atomic E-state index is 5.78. The molecule has 0 unspecified atom stereocenters. The van der Waals surface area contributed by atoms with Crippen LogP contribution >= 0.6 is 0 Å². The Morgan fingerprint density at radius 2 is 1.82 bits per heavy atom. The van der Waals surface area contributed by atoms with Crippen molar-refractivity contribution in [1.82, 2.24) is 4.98 Å². The van der Waals surface area contributed by atoms with Gasteiger partial charge in [0.15, 0.2) is 0 Å². The van der Waals surface area contributed by atoms with Gasteiger partial charge in [-0.1, -0.05) is 38.1 Å². The summed E-state index contributed by atoms with van der Waals surface area (Å²) in [6, 6.07) is 12.9. The molecular weight excluding hydrogens is 208 g/mol. The zero-order valence-corrected chi connectivity index (χ0v) is 10.5. The lowest BCUT2D eigenvalue weighted by Gasteiger charge is -2.23. The topological polar surface area (TPSA) is 41.8 Å². The fourth-order valence-electron chi connectivity index (χ4n) is 1.89. The molecule has 0 aliphatic carbocycles. The van der Waals surface area contributed by atoms with Crippen molar-refractivity contribution >= 4 is 0 Å². The molecule has 2 nitrogen and oxygen atoms in total. The van der Waals surface area contributed by atoms with Crippen LogP contribution < -0.4 is 5.73 Å². The molecule has 0 spiro atoms. The third kappa shape index (κ3) is 2.77. The molecular formula is C15H20N2. The molecule has 2 aromatic rings. The van der Waals surface area contributed by atoms with Crippen molar-refractivity contribution in [1.29, 1.82) is 0 Å². The first-order valence-corrected chi connectivity index (χ1v) is 6.03. The monoisotopic (exact) mass is 228 g/mol. The van der Waals surface area contributed by atoms with Crippen molar-refractivity contribution in [2.24, 2.45) is 5.73 Å². The van der Waals surface area contributed by atoms with Gasteiger partial charge in [-0.3, -0.25) is 0 Å². The highest BCUT2D eigenvalue weighted by Crippen LogP contribution is 2.22. The van der Waals surface area contributed by atoms with E-state index in [-0.39, 0.29) is 5.41 Å². The summed E-state index contributed by atoms with van der Waals surface area (Å²) in [5.41, 5.74) is 9.71. The molecule has 0 atom stereocenters. The van der Waals surface area contributed by atoms with E-state index < -0.39 is 0 Å². The van der Waals surface area contributed by atoms with E-state index in [0.29, 0.717) is 6.54 Å². The first kappa shape index (κ1) is 11.9. The Morgan fingerprint density at radius 1 is 1.12 bits per heavy atom. The minimum absolute atomic E-state index is 0.0605. The van der Waals surface area contributed by atoms with E-state index in [4.69, 9.17) is 5.73 Å². The number of nitrogens with one attached hydrogen (secondary N) is 1. The molecule has 3 N–H and O–H groups in total. The van der Waals surface area contributed by atoms with Gasteiger partial charge in [0.1, 0.15) is 0 Å². The van der Waals surface area contributed by atoms with Gasteiger partial charge in [-0.25, -0.2) is 0 Å². The lowest BCUT2D eigenvalue weighted by molar-refractivity contribution is 0.539.